The summed E-state index contributed by atoms with van der Waals surface area (Å²) >= 11 is 0. The highest BCUT2D eigenvalue weighted by Crippen LogP contribution is 2.40. The third-order valence-corrected chi connectivity index (χ3v) is 4.53. The summed E-state index contributed by atoms with van der Waals surface area (Å²) in [5.41, 5.74) is 0. The highest BCUT2D eigenvalue weighted by atomic mass is 35.5. The van der Waals surface area contributed by atoms with Gasteiger partial charge in [-0.2, -0.15) is 0 Å². The summed E-state index contributed by atoms with van der Waals surface area (Å²) in [7, 11) is 1.92. The first kappa shape index (κ1) is 15.8. The van der Waals surface area contributed by atoms with Crippen LogP contribution in [0.25, 0.3) is 0 Å². The molecule has 106 valence electrons. The molecule has 1 amide bonds. The van der Waals surface area contributed by atoms with Gasteiger partial charge in [-0.1, -0.05) is 19.8 Å². The molecule has 0 radical (unpaired) electrons. The van der Waals surface area contributed by atoms with Crippen molar-refractivity contribution in [3.05, 3.63) is 0 Å². The Kier molecular flexibility index (Phi) is 5.93. The van der Waals surface area contributed by atoms with Crippen LogP contribution in [0.5, 0.6) is 0 Å². The van der Waals surface area contributed by atoms with E-state index in [4.69, 9.17) is 0 Å². The van der Waals surface area contributed by atoms with Gasteiger partial charge in [0.2, 0.25) is 5.91 Å². The molecule has 2 fully saturated rings. The summed E-state index contributed by atoms with van der Waals surface area (Å²) in [5, 5.41) is 3.11. The van der Waals surface area contributed by atoms with Crippen molar-refractivity contribution in [1.82, 2.24) is 10.2 Å². The van der Waals surface area contributed by atoms with Gasteiger partial charge in [-0.15, -0.1) is 12.4 Å². The normalized spacial score (nSPS) is 32.6. The molecule has 1 N–H and O–H groups in total. The van der Waals surface area contributed by atoms with Gasteiger partial charge in [0.15, 0.2) is 0 Å². The van der Waals surface area contributed by atoms with Crippen LogP contribution in [0.4, 0.5) is 0 Å². The molecule has 3 nitrogen and oxygen atoms in total. The second-order valence-electron chi connectivity index (χ2n) is 5.90. The smallest absolute Gasteiger partial charge is 0.227 e. The highest BCUT2D eigenvalue weighted by Gasteiger charge is 2.43. The summed E-state index contributed by atoms with van der Waals surface area (Å²) in [5.74, 6) is 1.26. The van der Waals surface area contributed by atoms with Crippen molar-refractivity contribution in [3.63, 3.8) is 0 Å². The molecular formula is C14H27ClN2O. The van der Waals surface area contributed by atoms with Gasteiger partial charge >= 0.3 is 0 Å². The Balaban J connectivity index is 0.00000162. The lowest BCUT2D eigenvalue weighted by Crippen LogP contribution is -2.46. The van der Waals surface area contributed by atoms with E-state index in [-0.39, 0.29) is 18.3 Å². The molecule has 2 rings (SSSR count). The molecule has 0 spiro atoms. The van der Waals surface area contributed by atoms with Crippen molar-refractivity contribution in [2.24, 2.45) is 11.8 Å². The summed E-state index contributed by atoms with van der Waals surface area (Å²) in [6.45, 7) is 5.06. The monoisotopic (exact) mass is 274 g/mol. The van der Waals surface area contributed by atoms with Crippen LogP contribution in [0.3, 0.4) is 0 Å². The summed E-state index contributed by atoms with van der Waals surface area (Å²) in [4.78, 5) is 14.7. The Morgan fingerprint density at radius 2 is 2.06 bits per heavy atom. The standard InChI is InChI=1S/C14H26N2O.ClH/c1-10(9-15-3)14(17)16-11(2)8-12-6-4-5-7-13(12)16;/h10-13,15H,4-9H2,1-3H3;1H. The first-order valence-electron chi connectivity index (χ1n) is 7.12. The summed E-state index contributed by atoms with van der Waals surface area (Å²) in [6, 6.07) is 1.00. The molecule has 0 aromatic rings. The fourth-order valence-electron chi connectivity index (χ4n) is 3.74. The minimum absolute atomic E-state index is 0. The summed E-state index contributed by atoms with van der Waals surface area (Å²) < 4.78 is 0. The van der Waals surface area contributed by atoms with E-state index in [1.807, 2.05) is 14.0 Å². The van der Waals surface area contributed by atoms with E-state index < -0.39 is 0 Å². The third-order valence-electron chi connectivity index (χ3n) is 4.53. The van der Waals surface area contributed by atoms with Crippen LogP contribution in [0.1, 0.15) is 46.0 Å². The maximum absolute atomic E-state index is 12.5. The molecule has 1 saturated heterocycles. The van der Waals surface area contributed by atoms with Crippen molar-refractivity contribution >= 4 is 18.3 Å². The molecule has 4 atom stereocenters. The topological polar surface area (TPSA) is 32.3 Å². The number of fused-ring (bicyclic) bond motifs is 1. The van der Waals surface area contributed by atoms with Gasteiger partial charge < -0.3 is 10.2 Å². The van der Waals surface area contributed by atoms with Crippen LogP contribution in [-0.2, 0) is 4.79 Å². The fourth-order valence-corrected chi connectivity index (χ4v) is 3.74. The molecule has 1 aliphatic heterocycles. The van der Waals surface area contributed by atoms with Crippen molar-refractivity contribution in [2.45, 2.75) is 58.0 Å². The predicted octanol–water partition coefficient (Wildman–Crippen LogP) is 2.44. The number of hydrogen-bond acceptors (Lipinski definition) is 2. The number of likely N-dealkylation sites (tertiary alicyclic amines) is 1. The fraction of sp³-hybridized carbons (Fsp3) is 0.929. The Morgan fingerprint density at radius 3 is 2.72 bits per heavy atom. The molecule has 0 bridgehead atoms. The molecule has 0 aromatic carbocycles. The van der Waals surface area contributed by atoms with E-state index in [9.17, 15) is 4.79 Å². The van der Waals surface area contributed by atoms with Gasteiger partial charge in [0.25, 0.3) is 0 Å². The van der Waals surface area contributed by atoms with Gasteiger partial charge in [0.05, 0.1) is 0 Å². The molecule has 1 heterocycles. The maximum Gasteiger partial charge on any atom is 0.227 e. The average Bonchev–Trinajstić information content (AvgIpc) is 2.64. The quantitative estimate of drug-likeness (QED) is 0.857. The minimum Gasteiger partial charge on any atom is -0.336 e. The third kappa shape index (κ3) is 3.00. The van der Waals surface area contributed by atoms with Gasteiger partial charge in [0.1, 0.15) is 0 Å². The van der Waals surface area contributed by atoms with Crippen molar-refractivity contribution in [1.29, 1.82) is 0 Å². The van der Waals surface area contributed by atoms with E-state index >= 15 is 0 Å². The molecule has 0 aromatic heterocycles. The van der Waals surface area contributed by atoms with Gasteiger partial charge in [0, 0.05) is 24.5 Å². The van der Waals surface area contributed by atoms with Gasteiger partial charge in [-0.05, 0) is 39.2 Å². The Labute approximate surface area is 117 Å². The number of carbonyl (C=O) groups excluding carboxylic acids is 1. The zero-order valence-corrected chi connectivity index (χ0v) is 12.6. The molecule has 4 unspecified atom stereocenters. The molecule has 4 heteroatoms. The van der Waals surface area contributed by atoms with E-state index in [1.165, 1.54) is 32.1 Å². The molecule has 2 aliphatic rings. The molecular weight excluding hydrogens is 248 g/mol. The van der Waals surface area contributed by atoms with Crippen LogP contribution in [0.15, 0.2) is 0 Å². The number of nitrogens with zero attached hydrogens (tertiary/aromatic N) is 1. The highest BCUT2D eigenvalue weighted by molar-refractivity contribution is 5.85. The average molecular weight is 275 g/mol. The molecule has 1 saturated carbocycles. The van der Waals surface area contributed by atoms with Crippen LogP contribution in [0.2, 0.25) is 0 Å². The largest absolute Gasteiger partial charge is 0.336 e. The van der Waals surface area contributed by atoms with Crippen molar-refractivity contribution < 1.29 is 4.79 Å². The van der Waals surface area contributed by atoms with Crippen LogP contribution >= 0.6 is 12.4 Å². The number of nitrogens with one attached hydrogen (secondary N) is 1. The second kappa shape index (κ2) is 6.76. The number of rotatable bonds is 3. The molecule has 1 aliphatic carbocycles. The van der Waals surface area contributed by atoms with Gasteiger partial charge in [-0.3, -0.25) is 4.79 Å². The number of carbonyl (C=O) groups is 1. The first-order valence-corrected chi connectivity index (χ1v) is 7.12. The Morgan fingerprint density at radius 1 is 1.39 bits per heavy atom. The Bertz CT molecular complexity index is 285. The zero-order chi connectivity index (χ0) is 12.4. The minimum atomic E-state index is 0. The van der Waals surface area contributed by atoms with Crippen LogP contribution in [-0.4, -0.2) is 36.5 Å². The lowest BCUT2D eigenvalue weighted by atomic mass is 9.84. The van der Waals surface area contributed by atoms with Crippen molar-refractivity contribution in [2.75, 3.05) is 13.6 Å². The van der Waals surface area contributed by atoms with E-state index in [2.05, 4.69) is 17.1 Å². The van der Waals surface area contributed by atoms with E-state index in [0.29, 0.717) is 18.0 Å². The van der Waals surface area contributed by atoms with Crippen molar-refractivity contribution in [3.8, 4) is 0 Å². The van der Waals surface area contributed by atoms with Gasteiger partial charge in [-0.25, -0.2) is 0 Å². The predicted molar refractivity (Wildman–Crippen MR) is 77.0 cm³/mol. The lowest BCUT2D eigenvalue weighted by Gasteiger charge is -2.35. The lowest BCUT2D eigenvalue weighted by molar-refractivity contribution is -0.138. The Hall–Kier alpha value is -0.280. The van der Waals surface area contributed by atoms with Crippen LogP contribution < -0.4 is 5.32 Å². The van der Waals surface area contributed by atoms with E-state index in [0.717, 1.165) is 12.5 Å². The second-order valence-corrected chi connectivity index (χ2v) is 5.90. The first-order chi connectivity index (χ1) is 8.15. The SMILES string of the molecule is CNCC(C)C(=O)N1C(C)CC2CCCCC21.Cl. The number of hydrogen-bond donors (Lipinski definition) is 1. The maximum atomic E-state index is 12.5. The summed E-state index contributed by atoms with van der Waals surface area (Å²) in [6.07, 6.45) is 6.45. The molecule has 18 heavy (non-hydrogen) atoms. The van der Waals surface area contributed by atoms with E-state index in [1.54, 1.807) is 0 Å². The number of halogens is 1. The zero-order valence-electron chi connectivity index (χ0n) is 11.8. The van der Waals surface area contributed by atoms with Crippen LogP contribution in [0, 0.1) is 11.8 Å². The number of amides is 1.